The van der Waals surface area contributed by atoms with Crippen LogP contribution in [-0.4, -0.2) is 20.9 Å². The summed E-state index contributed by atoms with van der Waals surface area (Å²) in [5.41, 5.74) is 6.60. The number of nitrogens with two attached hydrogens (primary N) is 1. The molecule has 0 unspecified atom stereocenters. The molecule has 0 heterocycles. The number of hydrogen-bond donors (Lipinski definition) is 2. The summed E-state index contributed by atoms with van der Waals surface area (Å²) in [5.74, 6) is -0.244. The van der Waals surface area contributed by atoms with Crippen molar-refractivity contribution in [2.45, 2.75) is 42.8 Å². The van der Waals surface area contributed by atoms with E-state index in [-0.39, 0.29) is 16.6 Å². The molecule has 2 aromatic rings. The third kappa shape index (κ3) is 6.28. The maximum absolute atomic E-state index is 12.6. The van der Waals surface area contributed by atoms with Crippen molar-refractivity contribution in [2.24, 2.45) is 5.73 Å². The third-order valence-electron chi connectivity index (χ3n) is 4.10. The smallest absolute Gasteiger partial charge is 0.224 e. The highest BCUT2D eigenvalue weighted by Crippen LogP contribution is 2.22. The molecule has 0 spiro atoms. The van der Waals surface area contributed by atoms with E-state index < -0.39 is 9.84 Å². The van der Waals surface area contributed by atoms with E-state index in [9.17, 15) is 13.2 Å². The second kappa shape index (κ2) is 10.1. The zero-order chi connectivity index (χ0) is 18.8. The van der Waals surface area contributed by atoms with E-state index in [0.717, 1.165) is 25.7 Å². The van der Waals surface area contributed by atoms with Gasteiger partial charge in [0.05, 0.1) is 10.6 Å². The molecule has 2 rings (SSSR count). The lowest BCUT2D eigenvalue weighted by Gasteiger charge is -2.12. The zero-order valence-corrected chi connectivity index (χ0v) is 15.7. The number of amides is 1. The van der Waals surface area contributed by atoms with Gasteiger partial charge in [0.25, 0.3) is 0 Å². The normalized spacial score (nSPS) is 11.3. The zero-order valence-electron chi connectivity index (χ0n) is 14.9. The van der Waals surface area contributed by atoms with Gasteiger partial charge in [0, 0.05) is 12.1 Å². The first-order valence-electron chi connectivity index (χ1n) is 8.88. The van der Waals surface area contributed by atoms with Crippen molar-refractivity contribution >= 4 is 21.4 Å². The van der Waals surface area contributed by atoms with Crippen LogP contribution in [0.4, 0.5) is 5.69 Å². The molecule has 0 atom stereocenters. The lowest BCUT2D eigenvalue weighted by molar-refractivity contribution is -0.116. The molecule has 0 saturated carbocycles. The van der Waals surface area contributed by atoms with Crippen LogP contribution >= 0.6 is 0 Å². The minimum atomic E-state index is -3.46. The predicted molar refractivity (Wildman–Crippen MR) is 105 cm³/mol. The number of benzene rings is 2. The van der Waals surface area contributed by atoms with Crippen LogP contribution in [0.5, 0.6) is 0 Å². The first-order chi connectivity index (χ1) is 12.5. The second-order valence-corrected chi connectivity index (χ2v) is 8.22. The average Bonchev–Trinajstić information content (AvgIpc) is 2.64. The van der Waals surface area contributed by atoms with Gasteiger partial charge >= 0.3 is 0 Å². The van der Waals surface area contributed by atoms with Crippen molar-refractivity contribution in [2.75, 3.05) is 11.9 Å². The van der Waals surface area contributed by atoms with Gasteiger partial charge in [0.15, 0.2) is 9.84 Å². The standard InChI is InChI=1S/C20H26N2O3S/c21-15-9-2-1-6-14-20(23)22-19-13-8-7-10-17(19)16-26(24,25)18-11-4-3-5-12-18/h3-5,7-8,10-13H,1-2,6,9,14-16,21H2,(H,22,23). The van der Waals surface area contributed by atoms with Gasteiger partial charge in [-0.3, -0.25) is 4.79 Å². The van der Waals surface area contributed by atoms with Crippen molar-refractivity contribution in [3.63, 3.8) is 0 Å². The van der Waals surface area contributed by atoms with Crippen LogP contribution in [0.15, 0.2) is 59.5 Å². The number of nitrogens with one attached hydrogen (secondary N) is 1. The highest BCUT2D eigenvalue weighted by atomic mass is 32.2. The van der Waals surface area contributed by atoms with Gasteiger partial charge in [-0.25, -0.2) is 8.42 Å². The van der Waals surface area contributed by atoms with Gasteiger partial charge in [-0.15, -0.1) is 0 Å². The van der Waals surface area contributed by atoms with Crippen LogP contribution in [0.25, 0.3) is 0 Å². The summed E-state index contributed by atoms with van der Waals surface area (Å²) in [7, 11) is -3.46. The molecule has 6 heteroatoms. The fraction of sp³-hybridized carbons (Fsp3) is 0.350. The number of unbranched alkanes of at least 4 members (excludes halogenated alkanes) is 3. The highest BCUT2D eigenvalue weighted by molar-refractivity contribution is 7.90. The quantitative estimate of drug-likeness (QED) is 0.623. The monoisotopic (exact) mass is 374 g/mol. The van der Waals surface area contributed by atoms with Crippen LogP contribution < -0.4 is 11.1 Å². The Labute approximate surface area is 155 Å². The Bertz CT molecular complexity index is 805. The third-order valence-corrected chi connectivity index (χ3v) is 5.78. The van der Waals surface area contributed by atoms with Gasteiger partial charge in [0.1, 0.15) is 0 Å². The SMILES string of the molecule is NCCCCCCC(=O)Nc1ccccc1CS(=O)(=O)c1ccccc1. The average molecular weight is 375 g/mol. The summed E-state index contributed by atoms with van der Waals surface area (Å²) >= 11 is 0. The van der Waals surface area contributed by atoms with E-state index in [2.05, 4.69) is 5.32 Å². The summed E-state index contributed by atoms with van der Waals surface area (Å²) in [5, 5.41) is 2.85. The molecule has 0 aliphatic rings. The van der Waals surface area contributed by atoms with Crippen molar-refractivity contribution in [1.82, 2.24) is 0 Å². The van der Waals surface area contributed by atoms with Gasteiger partial charge in [0.2, 0.25) is 5.91 Å². The van der Waals surface area contributed by atoms with E-state index in [4.69, 9.17) is 5.73 Å². The molecule has 1 amide bonds. The summed E-state index contributed by atoms with van der Waals surface area (Å²) in [6.45, 7) is 0.676. The molecule has 0 saturated heterocycles. The Hall–Kier alpha value is -2.18. The lowest BCUT2D eigenvalue weighted by Crippen LogP contribution is -2.14. The van der Waals surface area contributed by atoms with Crippen LogP contribution in [0.2, 0.25) is 0 Å². The first kappa shape index (κ1) is 20.1. The second-order valence-electron chi connectivity index (χ2n) is 6.23. The Morgan fingerprint density at radius 3 is 2.27 bits per heavy atom. The number of carbonyl (C=O) groups excluding carboxylic acids is 1. The Morgan fingerprint density at radius 2 is 1.54 bits per heavy atom. The maximum atomic E-state index is 12.6. The molecule has 2 aromatic carbocycles. The Kier molecular flexibility index (Phi) is 7.81. The molecule has 140 valence electrons. The van der Waals surface area contributed by atoms with Crippen LogP contribution in [-0.2, 0) is 20.4 Å². The molecular weight excluding hydrogens is 348 g/mol. The molecular formula is C20H26N2O3S. The van der Waals surface area contributed by atoms with Crippen molar-refractivity contribution < 1.29 is 13.2 Å². The largest absolute Gasteiger partial charge is 0.330 e. The number of para-hydroxylation sites is 1. The minimum absolute atomic E-state index is 0.0951. The van der Waals surface area contributed by atoms with Gasteiger partial charge in [-0.05, 0) is 43.1 Å². The van der Waals surface area contributed by atoms with E-state index in [0.29, 0.717) is 24.2 Å². The molecule has 0 radical (unpaired) electrons. The fourth-order valence-electron chi connectivity index (χ4n) is 2.68. The molecule has 0 aromatic heterocycles. The molecule has 26 heavy (non-hydrogen) atoms. The van der Waals surface area contributed by atoms with Crippen molar-refractivity contribution in [3.8, 4) is 0 Å². The summed E-state index contributed by atoms with van der Waals surface area (Å²) in [4.78, 5) is 12.4. The van der Waals surface area contributed by atoms with E-state index in [1.165, 1.54) is 0 Å². The van der Waals surface area contributed by atoms with Crippen molar-refractivity contribution in [1.29, 1.82) is 0 Å². The topological polar surface area (TPSA) is 89.3 Å². The maximum Gasteiger partial charge on any atom is 0.224 e. The summed E-state index contributed by atoms with van der Waals surface area (Å²) in [6.07, 6.45) is 4.19. The predicted octanol–water partition coefficient (Wildman–Crippen LogP) is 3.51. The van der Waals surface area contributed by atoms with E-state index in [1.54, 1.807) is 54.6 Å². The fourth-order valence-corrected chi connectivity index (χ4v) is 4.08. The van der Waals surface area contributed by atoms with Crippen molar-refractivity contribution in [3.05, 3.63) is 60.2 Å². The van der Waals surface area contributed by atoms with E-state index >= 15 is 0 Å². The molecule has 3 N–H and O–H groups in total. The van der Waals surface area contributed by atoms with Gasteiger partial charge < -0.3 is 11.1 Å². The number of carbonyl (C=O) groups is 1. The molecule has 0 fully saturated rings. The number of rotatable bonds is 10. The van der Waals surface area contributed by atoms with Crippen LogP contribution in [0.1, 0.15) is 37.7 Å². The molecule has 5 nitrogen and oxygen atoms in total. The molecule has 0 aliphatic carbocycles. The first-order valence-corrected chi connectivity index (χ1v) is 10.5. The van der Waals surface area contributed by atoms with E-state index in [1.807, 2.05) is 0 Å². The highest BCUT2D eigenvalue weighted by Gasteiger charge is 2.17. The summed E-state index contributed by atoms with van der Waals surface area (Å²) < 4.78 is 25.2. The number of hydrogen-bond acceptors (Lipinski definition) is 4. The van der Waals surface area contributed by atoms with Gasteiger partial charge in [-0.1, -0.05) is 49.2 Å². The molecule has 0 bridgehead atoms. The number of anilines is 1. The minimum Gasteiger partial charge on any atom is -0.330 e. The van der Waals surface area contributed by atoms with Crippen LogP contribution in [0, 0.1) is 0 Å². The number of sulfone groups is 1. The summed E-state index contributed by atoms with van der Waals surface area (Å²) in [6, 6.07) is 15.4. The molecule has 0 aliphatic heterocycles. The van der Waals surface area contributed by atoms with Gasteiger partial charge in [-0.2, -0.15) is 0 Å². The van der Waals surface area contributed by atoms with Crippen LogP contribution in [0.3, 0.4) is 0 Å². The Balaban J connectivity index is 2.00. The Morgan fingerprint density at radius 1 is 0.885 bits per heavy atom. The lowest BCUT2D eigenvalue weighted by atomic mass is 10.1.